The minimum atomic E-state index is 0.577. The van der Waals surface area contributed by atoms with Crippen molar-refractivity contribution in [1.29, 1.82) is 0 Å². The first-order chi connectivity index (χ1) is 7.58. The fraction of sp³-hybridized carbons (Fsp3) is 0.636. The zero-order chi connectivity index (χ0) is 12.1. The normalized spacial score (nSPS) is 12.3. The van der Waals surface area contributed by atoms with E-state index in [1.165, 1.54) is 0 Å². The Balaban J connectivity index is 2.83. The average molecular weight is 240 g/mol. The number of nitrogens with one attached hydrogen (secondary N) is 2. The van der Waals surface area contributed by atoms with Crippen molar-refractivity contribution in [2.75, 3.05) is 30.5 Å². The van der Waals surface area contributed by atoms with Crippen molar-refractivity contribution in [3.63, 3.8) is 0 Å². The van der Waals surface area contributed by atoms with Gasteiger partial charge in [0.15, 0.2) is 0 Å². The minimum absolute atomic E-state index is 0.577. The number of aryl methyl sites for hydroxylation is 1. The van der Waals surface area contributed by atoms with Crippen LogP contribution in [0.4, 0.5) is 11.6 Å². The van der Waals surface area contributed by atoms with E-state index < -0.39 is 0 Å². The molecule has 0 aliphatic carbocycles. The van der Waals surface area contributed by atoms with Gasteiger partial charge in [-0.25, -0.2) is 9.97 Å². The van der Waals surface area contributed by atoms with E-state index in [0.717, 1.165) is 29.6 Å². The molecule has 16 heavy (non-hydrogen) atoms. The summed E-state index contributed by atoms with van der Waals surface area (Å²) in [5, 5.41) is 7.03. The Labute approximate surface area is 102 Å². The Morgan fingerprint density at radius 3 is 2.44 bits per heavy atom. The molecule has 0 bridgehead atoms. The number of hydrogen-bond acceptors (Lipinski definition) is 5. The van der Waals surface area contributed by atoms with Crippen molar-refractivity contribution >= 4 is 23.4 Å². The van der Waals surface area contributed by atoms with Crippen LogP contribution in [0.25, 0.3) is 0 Å². The predicted molar refractivity (Wildman–Crippen MR) is 72.5 cm³/mol. The molecule has 1 rings (SSSR count). The lowest BCUT2D eigenvalue weighted by molar-refractivity contribution is 0.962. The van der Waals surface area contributed by atoms with Crippen LogP contribution < -0.4 is 10.6 Å². The molecule has 0 saturated heterocycles. The SMILES string of the molecule is CNc1nc(C)nc(NCC(C)SC)c1C. The third-order valence-electron chi connectivity index (χ3n) is 2.45. The molecule has 0 radical (unpaired) electrons. The van der Waals surface area contributed by atoms with Crippen molar-refractivity contribution in [3.8, 4) is 0 Å². The Morgan fingerprint density at radius 1 is 1.25 bits per heavy atom. The maximum Gasteiger partial charge on any atom is 0.134 e. The van der Waals surface area contributed by atoms with E-state index in [9.17, 15) is 0 Å². The van der Waals surface area contributed by atoms with E-state index in [1.54, 1.807) is 0 Å². The number of aromatic nitrogens is 2. The monoisotopic (exact) mass is 240 g/mol. The molecular weight excluding hydrogens is 220 g/mol. The van der Waals surface area contributed by atoms with Crippen LogP contribution in [0.1, 0.15) is 18.3 Å². The molecule has 0 spiro atoms. The molecule has 4 nitrogen and oxygen atoms in total. The van der Waals surface area contributed by atoms with E-state index in [2.05, 4.69) is 33.8 Å². The van der Waals surface area contributed by atoms with Gasteiger partial charge < -0.3 is 10.6 Å². The second kappa shape index (κ2) is 5.94. The molecule has 2 N–H and O–H groups in total. The van der Waals surface area contributed by atoms with Crippen molar-refractivity contribution < 1.29 is 0 Å². The first-order valence-corrected chi connectivity index (χ1v) is 6.67. The Hall–Kier alpha value is -0.970. The number of anilines is 2. The molecule has 1 atom stereocenters. The highest BCUT2D eigenvalue weighted by molar-refractivity contribution is 7.99. The zero-order valence-corrected chi connectivity index (χ0v) is 11.4. The number of thioether (sulfide) groups is 1. The predicted octanol–water partition coefficient (Wildman–Crippen LogP) is 2.30. The molecule has 0 aliphatic heterocycles. The third-order valence-corrected chi connectivity index (χ3v) is 3.43. The summed E-state index contributed by atoms with van der Waals surface area (Å²) in [4.78, 5) is 8.75. The van der Waals surface area contributed by atoms with Crippen LogP contribution in [0.15, 0.2) is 0 Å². The smallest absolute Gasteiger partial charge is 0.134 e. The van der Waals surface area contributed by atoms with Gasteiger partial charge in [0, 0.05) is 24.4 Å². The van der Waals surface area contributed by atoms with E-state index in [-0.39, 0.29) is 0 Å². The molecule has 1 aromatic heterocycles. The summed E-state index contributed by atoms with van der Waals surface area (Å²) in [6, 6.07) is 0. The molecule has 0 aromatic carbocycles. The van der Waals surface area contributed by atoms with Crippen LogP contribution in [0, 0.1) is 13.8 Å². The summed E-state index contributed by atoms with van der Waals surface area (Å²) in [7, 11) is 1.88. The largest absolute Gasteiger partial charge is 0.373 e. The van der Waals surface area contributed by atoms with Gasteiger partial charge in [0.1, 0.15) is 17.5 Å². The van der Waals surface area contributed by atoms with Crippen LogP contribution in [-0.2, 0) is 0 Å². The van der Waals surface area contributed by atoms with Gasteiger partial charge in [0.2, 0.25) is 0 Å². The quantitative estimate of drug-likeness (QED) is 0.827. The first kappa shape index (κ1) is 13.1. The summed E-state index contributed by atoms with van der Waals surface area (Å²) < 4.78 is 0. The molecular formula is C11H20N4S. The molecule has 1 heterocycles. The minimum Gasteiger partial charge on any atom is -0.373 e. The van der Waals surface area contributed by atoms with Crippen LogP contribution in [0.3, 0.4) is 0 Å². The van der Waals surface area contributed by atoms with Crippen molar-refractivity contribution in [2.45, 2.75) is 26.0 Å². The van der Waals surface area contributed by atoms with Gasteiger partial charge in [-0.3, -0.25) is 0 Å². The highest BCUT2D eigenvalue weighted by atomic mass is 32.2. The van der Waals surface area contributed by atoms with E-state index in [0.29, 0.717) is 5.25 Å². The van der Waals surface area contributed by atoms with Gasteiger partial charge in [-0.15, -0.1) is 0 Å². The number of hydrogen-bond donors (Lipinski definition) is 2. The molecule has 0 fully saturated rings. The molecule has 0 saturated carbocycles. The molecule has 0 amide bonds. The molecule has 90 valence electrons. The molecule has 5 heteroatoms. The lowest BCUT2D eigenvalue weighted by Crippen LogP contribution is -2.15. The highest BCUT2D eigenvalue weighted by Gasteiger charge is 2.08. The first-order valence-electron chi connectivity index (χ1n) is 5.38. The van der Waals surface area contributed by atoms with Crippen LogP contribution in [0.2, 0.25) is 0 Å². The fourth-order valence-electron chi connectivity index (χ4n) is 1.37. The fourth-order valence-corrected chi connectivity index (χ4v) is 1.62. The lowest BCUT2D eigenvalue weighted by atomic mass is 10.3. The molecule has 1 unspecified atom stereocenters. The van der Waals surface area contributed by atoms with Crippen molar-refractivity contribution in [2.24, 2.45) is 0 Å². The summed E-state index contributed by atoms with van der Waals surface area (Å²) in [5.41, 5.74) is 1.07. The van der Waals surface area contributed by atoms with Gasteiger partial charge in [-0.05, 0) is 20.1 Å². The van der Waals surface area contributed by atoms with Gasteiger partial charge in [0.05, 0.1) is 0 Å². The summed E-state index contributed by atoms with van der Waals surface area (Å²) in [6.07, 6.45) is 2.11. The van der Waals surface area contributed by atoms with Gasteiger partial charge >= 0.3 is 0 Å². The maximum absolute atomic E-state index is 4.42. The number of nitrogens with zero attached hydrogens (tertiary/aromatic N) is 2. The van der Waals surface area contributed by atoms with Crippen LogP contribution in [0.5, 0.6) is 0 Å². The zero-order valence-electron chi connectivity index (χ0n) is 10.6. The van der Waals surface area contributed by atoms with Gasteiger partial charge in [-0.1, -0.05) is 6.92 Å². The topological polar surface area (TPSA) is 49.8 Å². The Morgan fingerprint density at radius 2 is 1.88 bits per heavy atom. The summed E-state index contributed by atoms with van der Waals surface area (Å²) in [5.74, 6) is 2.61. The summed E-state index contributed by atoms with van der Waals surface area (Å²) in [6.45, 7) is 7.04. The Bertz CT molecular complexity index is 354. The summed E-state index contributed by atoms with van der Waals surface area (Å²) >= 11 is 1.84. The van der Waals surface area contributed by atoms with Crippen molar-refractivity contribution in [1.82, 2.24) is 9.97 Å². The van der Waals surface area contributed by atoms with E-state index >= 15 is 0 Å². The van der Waals surface area contributed by atoms with Gasteiger partial charge in [-0.2, -0.15) is 11.8 Å². The maximum atomic E-state index is 4.42. The second-order valence-corrected chi connectivity index (χ2v) is 5.05. The number of rotatable bonds is 5. The van der Waals surface area contributed by atoms with E-state index in [4.69, 9.17) is 0 Å². The standard InChI is InChI=1S/C11H20N4S/c1-7(16-5)6-13-11-8(2)10(12-4)14-9(3)15-11/h7H,6H2,1-5H3,(H2,12,13,14,15). The van der Waals surface area contributed by atoms with Crippen LogP contribution >= 0.6 is 11.8 Å². The van der Waals surface area contributed by atoms with Gasteiger partial charge in [0.25, 0.3) is 0 Å². The van der Waals surface area contributed by atoms with E-state index in [1.807, 2.05) is 32.7 Å². The van der Waals surface area contributed by atoms with Crippen molar-refractivity contribution in [3.05, 3.63) is 11.4 Å². The average Bonchev–Trinajstić information content (AvgIpc) is 2.29. The molecule has 0 aliphatic rings. The second-order valence-electron chi connectivity index (χ2n) is 3.77. The Kier molecular flexibility index (Phi) is 4.86. The third kappa shape index (κ3) is 3.27. The van der Waals surface area contributed by atoms with Crippen LogP contribution in [-0.4, -0.2) is 35.1 Å². The molecule has 1 aromatic rings. The highest BCUT2D eigenvalue weighted by Crippen LogP contribution is 2.19. The lowest BCUT2D eigenvalue weighted by Gasteiger charge is -2.14.